The van der Waals surface area contributed by atoms with Gasteiger partial charge in [-0.2, -0.15) is 5.10 Å². The molecule has 0 bridgehead atoms. The van der Waals surface area contributed by atoms with Crippen molar-refractivity contribution in [1.82, 2.24) is 9.97 Å². The van der Waals surface area contributed by atoms with Crippen molar-refractivity contribution in [1.29, 1.82) is 0 Å². The van der Waals surface area contributed by atoms with Gasteiger partial charge in [0.1, 0.15) is 5.69 Å². The molecule has 3 N–H and O–H groups in total. The van der Waals surface area contributed by atoms with Crippen LogP contribution in [-0.2, 0) is 0 Å². The fraction of sp³-hybridized carbons (Fsp3) is 0. The van der Waals surface area contributed by atoms with Crippen molar-refractivity contribution in [2.45, 2.75) is 0 Å². The largest absolute Gasteiger partial charge is 0.380 e. The molecule has 0 radical (unpaired) electrons. The van der Waals surface area contributed by atoms with Crippen LogP contribution >= 0.6 is 0 Å². The molecule has 0 atom stereocenters. The number of hydrogen-bond acceptors (Lipinski definition) is 3. The highest BCUT2D eigenvalue weighted by Gasteiger charge is 2.02. The molecule has 0 spiro atoms. The van der Waals surface area contributed by atoms with Crippen LogP contribution in [0.5, 0.6) is 0 Å². The van der Waals surface area contributed by atoms with E-state index in [0.29, 0.717) is 5.69 Å². The summed E-state index contributed by atoms with van der Waals surface area (Å²) in [5, 5.41) is 10.3. The van der Waals surface area contributed by atoms with Crippen LogP contribution in [0, 0.1) is 0 Å². The Labute approximate surface area is 138 Å². The zero-order valence-electron chi connectivity index (χ0n) is 12.8. The van der Waals surface area contributed by atoms with Crippen molar-refractivity contribution in [3.05, 3.63) is 78.1 Å². The van der Waals surface area contributed by atoms with Crippen LogP contribution in [0.25, 0.3) is 21.8 Å². The number of aromatic nitrogens is 2. The summed E-state index contributed by atoms with van der Waals surface area (Å²) >= 11 is 0. The van der Waals surface area contributed by atoms with E-state index in [1.807, 2.05) is 66.9 Å². The van der Waals surface area contributed by atoms with Gasteiger partial charge < -0.3 is 10.7 Å². The third-order valence-electron chi connectivity index (χ3n) is 3.84. The Morgan fingerprint density at radius 3 is 2.79 bits per heavy atom. The van der Waals surface area contributed by atoms with E-state index in [-0.39, 0.29) is 5.84 Å². The lowest BCUT2D eigenvalue weighted by atomic mass is 10.2. The molecule has 0 aliphatic heterocycles. The van der Waals surface area contributed by atoms with E-state index in [2.05, 4.69) is 20.2 Å². The van der Waals surface area contributed by atoms with Gasteiger partial charge in [0, 0.05) is 28.0 Å². The molecule has 5 heteroatoms. The molecule has 0 aliphatic carbocycles. The van der Waals surface area contributed by atoms with Gasteiger partial charge >= 0.3 is 0 Å². The minimum absolute atomic E-state index is 0.289. The SMILES string of the molecule is N/C(=N\N=C/c1c[nH]c2ccccc12)c1ccc2ccccc2n1. The summed E-state index contributed by atoms with van der Waals surface area (Å²) in [6.45, 7) is 0. The normalized spacial score (nSPS) is 12.4. The van der Waals surface area contributed by atoms with Gasteiger partial charge in [-0.25, -0.2) is 4.98 Å². The van der Waals surface area contributed by atoms with E-state index in [4.69, 9.17) is 5.73 Å². The van der Waals surface area contributed by atoms with E-state index in [1.54, 1.807) is 6.21 Å². The van der Waals surface area contributed by atoms with Crippen LogP contribution in [-0.4, -0.2) is 22.0 Å². The van der Waals surface area contributed by atoms with Crippen molar-refractivity contribution in [2.24, 2.45) is 15.9 Å². The van der Waals surface area contributed by atoms with E-state index < -0.39 is 0 Å². The molecule has 116 valence electrons. The van der Waals surface area contributed by atoms with Crippen LogP contribution in [0.3, 0.4) is 0 Å². The Kier molecular flexibility index (Phi) is 3.51. The number of rotatable bonds is 3. The fourth-order valence-corrected chi connectivity index (χ4v) is 2.61. The number of amidine groups is 1. The van der Waals surface area contributed by atoms with Gasteiger partial charge in [0.2, 0.25) is 0 Å². The summed E-state index contributed by atoms with van der Waals surface area (Å²) in [5.41, 5.74) is 9.53. The summed E-state index contributed by atoms with van der Waals surface area (Å²) in [6.07, 6.45) is 3.58. The number of fused-ring (bicyclic) bond motifs is 2. The molecule has 4 aromatic rings. The first-order valence-electron chi connectivity index (χ1n) is 7.60. The number of aromatic amines is 1. The van der Waals surface area contributed by atoms with Crippen molar-refractivity contribution in [2.75, 3.05) is 0 Å². The molecule has 2 heterocycles. The van der Waals surface area contributed by atoms with Crippen LogP contribution in [0.4, 0.5) is 0 Å². The van der Waals surface area contributed by atoms with Crippen LogP contribution < -0.4 is 5.73 Å². The van der Waals surface area contributed by atoms with Gasteiger partial charge in [0.15, 0.2) is 5.84 Å². The highest BCUT2D eigenvalue weighted by atomic mass is 15.2. The monoisotopic (exact) mass is 313 g/mol. The summed E-state index contributed by atoms with van der Waals surface area (Å²) in [7, 11) is 0. The Bertz CT molecular complexity index is 1080. The highest BCUT2D eigenvalue weighted by Crippen LogP contribution is 2.16. The molecule has 0 saturated carbocycles. The van der Waals surface area contributed by atoms with Crippen LogP contribution in [0.2, 0.25) is 0 Å². The molecule has 0 aliphatic rings. The highest BCUT2D eigenvalue weighted by molar-refractivity contribution is 6.00. The zero-order chi connectivity index (χ0) is 16.4. The Morgan fingerprint density at radius 2 is 1.83 bits per heavy atom. The number of nitrogens with one attached hydrogen (secondary N) is 1. The second-order valence-corrected chi connectivity index (χ2v) is 5.41. The second-order valence-electron chi connectivity index (χ2n) is 5.41. The topological polar surface area (TPSA) is 79.4 Å². The molecule has 2 aromatic carbocycles. The van der Waals surface area contributed by atoms with Gasteiger partial charge in [-0.05, 0) is 18.2 Å². The minimum atomic E-state index is 0.289. The van der Waals surface area contributed by atoms with Crippen molar-refractivity contribution >= 4 is 33.9 Å². The summed E-state index contributed by atoms with van der Waals surface area (Å²) < 4.78 is 0. The van der Waals surface area contributed by atoms with Gasteiger partial charge in [0.25, 0.3) is 0 Å². The number of para-hydroxylation sites is 2. The van der Waals surface area contributed by atoms with E-state index >= 15 is 0 Å². The van der Waals surface area contributed by atoms with Gasteiger partial charge in [0.05, 0.1) is 11.7 Å². The Hall–Kier alpha value is -3.47. The molecule has 2 aromatic heterocycles. The lowest BCUT2D eigenvalue weighted by molar-refractivity contribution is 1.21. The maximum absolute atomic E-state index is 6.00. The van der Waals surface area contributed by atoms with Gasteiger partial charge in [-0.1, -0.05) is 42.5 Å². The average molecular weight is 313 g/mol. The summed E-state index contributed by atoms with van der Waals surface area (Å²) in [5.74, 6) is 0.289. The average Bonchev–Trinajstić information content (AvgIpc) is 3.04. The number of hydrogen-bond donors (Lipinski definition) is 2. The van der Waals surface area contributed by atoms with Gasteiger partial charge in [-0.15, -0.1) is 5.10 Å². The van der Waals surface area contributed by atoms with E-state index in [0.717, 1.165) is 27.4 Å². The number of nitrogens with two attached hydrogens (primary N) is 1. The minimum Gasteiger partial charge on any atom is -0.380 e. The lowest BCUT2D eigenvalue weighted by Gasteiger charge is -2.00. The van der Waals surface area contributed by atoms with E-state index in [1.165, 1.54) is 0 Å². The number of nitrogens with zero attached hydrogens (tertiary/aromatic N) is 3. The second kappa shape index (κ2) is 5.96. The lowest BCUT2D eigenvalue weighted by Crippen LogP contribution is -2.14. The maximum Gasteiger partial charge on any atom is 0.172 e. The third kappa shape index (κ3) is 2.63. The molecule has 5 nitrogen and oxygen atoms in total. The fourth-order valence-electron chi connectivity index (χ4n) is 2.61. The predicted octanol–water partition coefficient (Wildman–Crippen LogP) is 3.46. The van der Waals surface area contributed by atoms with Crippen molar-refractivity contribution in [3.63, 3.8) is 0 Å². The molecule has 0 unspecified atom stereocenters. The molecule has 0 fully saturated rings. The number of benzene rings is 2. The molecular formula is C19H15N5. The van der Waals surface area contributed by atoms with Crippen LogP contribution in [0.15, 0.2) is 77.1 Å². The molecule has 0 amide bonds. The zero-order valence-corrected chi connectivity index (χ0v) is 12.8. The predicted molar refractivity (Wildman–Crippen MR) is 98.4 cm³/mol. The maximum atomic E-state index is 6.00. The van der Waals surface area contributed by atoms with Crippen molar-refractivity contribution < 1.29 is 0 Å². The van der Waals surface area contributed by atoms with Crippen LogP contribution in [0.1, 0.15) is 11.3 Å². The molecule has 4 rings (SSSR count). The van der Waals surface area contributed by atoms with Gasteiger partial charge in [-0.3, -0.25) is 0 Å². The Morgan fingerprint density at radius 1 is 1.00 bits per heavy atom. The standard InChI is InChI=1S/C19H15N5/c20-19(18-10-9-13-5-1-3-7-16(13)23-18)24-22-12-14-11-21-17-8-4-2-6-15(14)17/h1-12,21H,(H2,20,24)/b22-12-. The molecular weight excluding hydrogens is 298 g/mol. The smallest absolute Gasteiger partial charge is 0.172 e. The van der Waals surface area contributed by atoms with Crippen molar-refractivity contribution in [3.8, 4) is 0 Å². The first-order valence-corrected chi connectivity index (χ1v) is 7.60. The summed E-state index contributed by atoms with van der Waals surface area (Å²) in [6, 6.07) is 19.7. The number of H-pyrrole nitrogens is 1. The molecule has 24 heavy (non-hydrogen) atoms. The number of pyridine rings is 1. The molecule has 0 saturated heterocycles. The third-order valence-corrected chi connectivity index (χ3v) is 3.84. The quantitative estimate of drug-likeness (QED) is 0.345. The van der Waals surface area contributed by atoms with E-state index in [9.17, 15) is 0 Å². The Balaban J connectivity index is 1.62. The first kappa shape index (κ1) is 14.1. The summed E-state index contributed by atoms with van der Waals surface area (Å²) in [4.78, 5) is 7.70. The first-order chi connectivity index (χ1) is 11.8.